The first-order chi connectivity index (χ1) is 22.1. The molecule has 7 heteroatoms. The van der Waals surface area contributed by atoms with Crippen molar-refractivity contribution < 1.29 is 26.3 Å². The molecule has 0 saturated heterocycles. The first-order valence-electron chi connectivity index (χ1n) is 14.4. The number of benzene rings is 6. The highest BCUT2D eigenvalue weighted by Gasteiger charge is 2.53. The number of hydrogen-bond acceptors (Lipinski definition) is 3. The van der Waals surface area contributed by atoms with Crippen LogP contribution in [0.5, 0.6) is 11.5 Å². The van der Waals surface area contributed by atoms with E-state index < -0.39 is 21.4 Å². The lowest BCUT2D eigenvalue weighted by atomic mass is 9.75. The quantitative estimate of drug-likeness (QED) is 0.182. The Morgan fingerprint density at radius 3 is 0.978 bits per heavy atom. The highest BCUT2D eigenvalue weighted by Crippen LogP contribution is 2.45. The molecule has 6 rings (SSSR count). The van der Waals surface area contributed by atoms with Gasteiger partial charge in [-0.15, -0.1) is 0 Å². The molecule has 0 unspecified atom stereocenters. The average molecular weight is 639 g/mol. The summed E-state index contributed by atoms with van der Waals surface area (Å²) in [6.07, 6.45) is -4.34. The molecule has 234 valence electrons. The molecular formula is C39H33F3O3S. The molecule has 0 aliphatic carbocycles. The van der Waals surface area contributed by atoms with Gasteiger partial charge in [-0.2, -0.15) is 13.2 Å². The Bertz CT molecular complexity index is 1710. The van der Waals surface area contributed by atoms with Gasteiger partial charge in [-0.05, 0) is 66.6 Å². The molecule has 0 fully saturated rings. The summed E-state index contributed by atoms with van der Waals surface area (Å²) in [5.41, 5.74) is -1.47. The van der Waals surface area contributed by atoms with Crippen LogP contribution in [0.4, 0.5) is 13.2 Å². The Kier molecular flexibility index (Phi) is 11.5. The molecule has 3 nitrogen and oxygen atoms in total. The molecular weight excluding hydrogens is 605 g/mol. The molecule has 0 heterocycles. The topological polar surface area (TPSA) is 43.4 Å². The standard InChI is InChI=1S/C15H13F3.C12H10O2S.C12H10O/c1-14(15(16,17)18,12-8-4-2-5-9-12)13-10-6-3-7-11-13;13-15(14,11-7-3-1-4-8-11)12-9-5-2-6-10-12;1-3-7-11(8-4-1)13-12-9-5-2-6-10-12/h2-11H,1H3;1-10H;1-10H. The van der Waals surface area contributed by atoms with Crippen molar-refractivity contribution in [1.82, 2.24) is 0 Å². The third-order valence-corrected chi connectivity index (χ3v) is 8.88. The third kappa shape index (κ3) is 8.73. The van der Waals surface area contributed by atoms with Gasteiger partial charge >= 0.3 is 6.18 Å². The molecule has 0 N–H and O–H groups in total. The predicted molar refractivity (Wildman–Crippen MR) is 177 cm³/mol. The molecule has 0 bridgehead atoms. The molecule has 0 aromatic heterocycles. The molecule has 6 aromatic carbocycles. The van der Waals surface area contributed by atoms with Crippen molar-refractivity contribution in [3.05, 3.63) is 193 Å². The lowest BCUT2D eigenvalue weighted by molar-refractivity contribution is -0.173. The van der Waals surface area contributed by atoms with Crippen molar-refractivity contribution in [1.29, 1.82) is 0 Å². The van der Waals surface area contributed by atoms with E-state index in [-0.39, 0.29) is 11.1 Å². The second kappa shape index (κ2) is 15.7. The lowest BCUT2D eigenvalue weighted by Gasteiger charge is -2.33. The smallest absolute Gasteiger partial charge is 0.402 e. The van der Waals surface area contributed by atoms with Crippen molar-refractivity contribution in [3.8, 4) is 11.5 Å². The molecule has 6 aromatic rings. The van der Waals surface area contributed by atoms with Crippen LogP contribution >= 0.6 is 0 Å². The van der Waals surface area contributed by atoms with Gasteiger partial charge in [0.05, 0.1) is 9.79 Å². The fourth-order valence-corrected chi connectivity index (χ4v) is 5.79. The summed E-state index contributed by atoms with van der Waals surface area (Å²) in [5.74, 6) is 1.74. The van der Waals surface area contributed by atoms with Crippen molar-refractivity contribution in [3.63, 3.8) is 0 Å². The van der Waals surface area contributed by atoms with Gasteiger partial charge in [-0.25, -0.2) is 8.42 Å². The van der Waals surface area contributed by atoms with Crippen LogP contribution in [0.25, 0.3) is 0 Å². The number of alkyl halides is 3. The predicted octanol–water partition coefficient (Wildman–Crippen LogP) is 10.6. The maximum Gasteiger partial charge on any atom is 0.402 e. The monoisotopic (exact) mass is 638 g/mol. The largest absolute Gasteiger partial charge is 0.457 e. The maximum absolute atomic E-state index is 13.5. The zero-order valence-corrected chi connectivity index (χ0v) is 25.9. The minimum Gasteiger partial charge on any atom is -0.457 e. The maximum atomic E-state index is 13.5. The Morgan fingerprint density at radius 1 is 0.435 bits per heavy atom. The second-order valence-electron chi connectivity index (χ2n) is 10.2. The second-order valence-corrected chi connectivity index (χ2v) is 12.2. The van der Waals surface area contributed by atoms with Gasteiger partial charge < -0.3 is 4.74 Å². The van der Waals surface area contributed by atoms with Crippen LogP contribution in [0.1, 0.15) is 18.1 Å². The molecule has 0 saturated carbocycles. The minimum absolute atomic E-state index is 0.253. The SMILES string of the molecule is CC(c1ccccc1)(c1ccccc1)C(F)(F)F.O=S(=O)(c1ccccc1)c1ccccc1.c1ccc(Oc2ccccc2)cc1. The number of sulfone groups is 1. The zero-order chi connectivity index (χ0) is 32.9. The Labute approximate surface area is 268 Å². The number of para-hydroxylation sites is 2. The van der Waals surface area contributed by atoms with E-state index in [1.54, 1.807) is 97.1 Å². The molecule has 0 spiro atoms. The van der Waals surface area contributed by atoms with E-state index in [1.807, 2.05) is 60.7 Å². The highest BCUT2D eigenvalue weighted by atomic mass is 32.2. The van der Waals surface area contributed by atoms with Crippen LogP contribution in [0.15, 0.2) is 192 Å². The fraction of sp³-hybridized carbons (Fsp3) is 0.0769. The van der Waals surface area contributed by atoms with Crippen LogP contribution in [-0.2, 0) is 15.3 Å². The average Bonchev–Trinajstić information content (AvgIpc) is 3.10. The number of hydrogen-bond donors (Lipinski definition) is 0. The van der Waals surface area contributed by atoms with Gasteiger partial charge in [0.15, 0.2) is 0 Å². The van der Waals surface area contributed by atoms with Gasteiger partial charge in [-0.1, -0.05) is 133 Å². The summed E-state index contributed by atoms with van der Waals surface area (Å²) in [7, 11) is -3.34. The van der Waals surface area contributed by atoms with Crippen molar-refractivity contribution in [2.45, 2.75) is 28.3 Å². The van der Waals surface area contributed by atoms with E-state index in [4.69, 9.17) is 4.74 Å². The summed E-state index contributed by atoms with van der Waals surface area (Å²) in [6, 6.07) is 52.4. The van der Waals surface area contributed by atoms with E-state index in [2.05, 4.69) is 0 Å². The first kappa shape index (κ1) is 33.7. The highest BCUT2D eigenvalue weighted by molar-refractivity contribution is 7.91. The van der Waals surface area contributed by atoms with Crippen LogP contribution in [-0.4, -0.2) is 14.6 Å². The van der Waals surface area contributed by atoms with Crippen LogP contribution in [0, 0.1) is 0 Å². The summed E-state index contributed by atoms with van der Waals surface area (Å²) in [4.78, 5) is 0.660. The van der Waals surface area contributed by atoms with E-state index in [1.165, 1.54) is 31.2 Å². The fourth-order valence-electron chi connectivity index (χ4n) is 4.49. The minimum atomic E-state index is -4.34. The molecule has 0 aliphatic heterocycles. The summed E-state index contributed by atoms with van der Waals surface area (Å²) in [5, 5.41) is 0. The number of halogens is 3. The molecule has 0 radical (unpaired) electrons. The van der Waals surface area contributed by atoms with E-state index in [0.717, 1.165) is 11.5 Å². The number of ether oxygens (including phenoxy) is 1. The number of rotatable bonds is 6. The van der Waals surface area contributed by atoms with Gasteiger partial charge in [-0.3, -0.25) is 0 Å². The molecule has 46 heavy (non-hydrogen) atoms. The summed E-state index contributed by atoms with van der Waals surface area (Å²) in [6.45, 7) is 1.22. The van der Waals surface area contributed by atoms with Crippen LogP contribution in [0.3, 0.4) is 0 Å². The lowest BCUT2D eigenvalue weighted by Crippen LogP contribution is -2.40. The van der Waals surface area contributed by atoms with E-state index >= 15 is 0 Å². The normalized spacial score (nSPS) is 11.2. The van der Waals surface area contributed by atoms with Gasteiger partial charge in [0.2, 0.25) is 9.84 Å². The first-order valence-corrected chi connectivity index (χ1v) is 15.9. The van der Waals surface area contributed by atoms with Crippen molar-refractivity contribution in [2.24, 2.45) is 0 Å². The van der Waals surface area contributed by atoms with E-state index in [0.29, 0.717) is 9.79 Å². The molecule has 0 amide bonds. The Balaban J connectivity index is 0.000000159. The van der Waals surface area contributed by atoms with Crippen LogP contribution < -0.4 is 4.74 Å². The van der Waals surface area contributed by atoms with Crippen LogP contribution in [0.2, 0.25) is 0 Å². The molecule has 0 aliphatic rings. The third-order valence-electron chi connectivity index (χ3n) is 7.10. The van der Waals surface area contributed by atoms with Gasteiger partial charge in [0.25, 0.3) is 0 Å². The van der Waals surface area contributed by atoms with Gasteiger partial charge in [0.1, 0.15) is 16.9 Å². The zero-order valence-electron chi connectivity index (χ0n) is 25.1. The van der Waals surface area contributed by atoms with E-state index in [9.17, 15) is 21.6 Å². The van der Waals surface area contributed by atoms with Crippen molar-refractivity contribution in [2.75, 3.05) is 0 Å². The Morgan fingerprint density at radius 2 is 0.696 bits per heavy atom. The Hall–Kier alpha value is -5.14. The summed E-state index contributed by atoms with van der Waals surface area (Å²) >= 11 is 0. The summed E-state index contributed by atoms with van der Waals surface area (Å²) < 4.78 is 70.1. The van der Waals surface area contributed by atoms with Gasteiger partial charge in [0, 0.05) is 0 Å². The van der Waals surface area contributed by atoms with Crippen molar-refractivity contribution >= 4 is 9.84 Å². The molecule has 0 atom stereocenters.